The smallest absolute Gasteiger partial charge is 0.346 e. The van der Waals surface area contributed by atoms with E-state index in [0.717, 1.165) is 76.7 Å². The Morgan fingerprint density at radius 2 is 1.09 bits per heavy atom. The highest BCUT2D eigenvalue weighted by atomic mass is 32.1. The predicted molar refractivity (Wildman–Crippen MR) is 264 cm³/mol. The molecule has 6 aromatic carbocycles. The van der Waals surface area contributed by atoms with Gasteiger partial charge in [0.1, 0.15) is 17.4 Å². The number of nitriles is 1. The number of anilines is 3. The van der Waals surface area contributed by atoms with Gasteiger partial charge in [0.05, 0.1) is 13.7 Å². The first-order valence-corrected chi connectivity index (χ1v) is 21.8. The molecule has 0 aliphatic rings. The topological polar surface area (TPSA) is 115 Å². The fourth-order valence-corrected chi connectivity index (χ4v) is 9.21. The highest BCUT2D eigenvalue weighted by molar-refractivity contribution is 7.14. The molecule has 0 saturated carbocycles. The van der Waals surface area contributed by atoms with Gasteiger partial charge in [0.2, 0.25) is 0 Å². The molecule has 8 rings (SSSR count). The van der Waals surface area contributed by atoms with Crippen LogP contribution >= 0.6 is 22.7 Å². The molecule has 0 aliphatic heterocycles. The number of hydrogen-bond acceptors (Lipinski definition) is 7. The number of carbonyl (C=O) groups is 2. The number of ether oxygens (including phenoxy) is 1. The van der Waals surface area contributed by atoms with Crippen molar-refractivity contribution in [1.82, 2.24) is 0 Å². The van der Waals surface area contributed by atoms with Crippen LogP contribution in [0.25, 0.3) is 51.1 Å². The molecule has 8 aromatic rings. The van der Waals surface area contributed by atoms with Crippen molar-refractivity contribution in [3.63, 3.8) is 0 Å². The molecule has 65 heavy (non-hydrogen) atoms. The van der Waals surface area contributed by atoms with E-state index in [1.165, 1.54) is 34.8 Å². The van der Waals surface area contributed by atoms with Crippen LogP contribution in [-0.2, 0) is 9.59 Å². The summed E-state index contributed by atoms with van der Waals surface area (Å²) in [5.74, 6) is -1.74. The van der Waals surface area contributed by atoms with E-state index >= 15 is 0 Å². The van der Waals surface area contributed by atoms with Crippen molar-refractivity contribution in [1.29, 1.82) is 5.26 Å². The molecule has 0 aliphatic carbocycles. The average Bonchev–Trinajstić information content (AvgIpc) is 4.02. The van der Waals surface area contributed by atoms with Crippen LogP contribution in [0.15, 0.2) is 181 Å². The summed E-state index contributed by atoms with van der Waals surface area (Å²) in [5, 5.41) is 30.3. The molecule has 0 amide bonds. The molecule has 0 saturated heterocycles. The van der Waals surface area contributed by atoms with Crippen LogP contribution in [0.1, 0.15) is 41.8 Å². The van der Waals surface area contributed by atoms with Crippen molar-refractivity contribution in [2.75, 3.05) is 12.0 Å². The van der Waals surface area contributed by atoms with Crippen LogP contribution in [0.5, 0.6) is 5.75 Å². The molecule has 0 radical (unpaired) electrons. The van der Waals surface area contributed by atoms with Crippen molar-refractivity contribution in [2.45, 2.75) is 0 Å². The van der Waals surface area contributed by atoms with Crippen LogP contribution in [0, 0.1) is 17.9 Å². The fraction of sp³-hybridized carbons (Fsp3) is 0.0182. The van der Waals surface area contributed by atoms with Crippen molar-refractivity contribution in [3.8, 4) is 11.8 Å². The quantitative estimate of drug-likeness (QED) is 0.0484. The first-order valence-electron chi connectivity index (χ1n) is 20.2. The summed E-state index contributed by atoms with van der Waals surface area (Å²) in [6, 6.07) is 58.4. The lowest BCUT2D eigenvalue weighted by atomic mass is 10.0. The van der Waals surface area contributed by atoms with Crippen molar-refractivity contribution >= 4 is 97.9 Å². The second-order valence-corrected chi connectivity index (χ2v) is 16.8. The summed E-state index contributed by atoms with van der Waals surface area (Å²) >= 11 is 2.84. The van der Waals surface area contributed by atoms with Gasteiger partial charge in [0.25, 0.3) is 5.70 Å². The molecule has 2 N–H and O–H groups in total. The van der Waals surface area contributed by atoms with Crippen molar-refractivity contribution < 1.29 is 24.5 Å². The Balaban J connectivity index is 1.18. The number of nitrogens with zero attached hydrogens (tertiary/aromatic N) is 3. The summed E-state index contributed by atoms with van der Waals surface area (Å²) < 4.78 is 5.50. The van der Waals surface area contributed by atoms with E-state index in [4.69, 9.17) is 11.3 Å². The summed E-state index contributed by atoms with van der Waals surface area (Å²) in [5.41, 5.74) is 8.01. The third-order valence-electron chi connectivity index (χ3n) is 10.4. The Hall–Kier alpha value is -8.54. The summed E-state index contributed by atoms with van der Waals surface area (Å²) in [7, 11) is 1.66. The van der Waals surface area contributed by atoms with Gasteiger partial charge in [-0.25, -0.2) is 9.64 Å². The molecule has 0 fully saturated rings. The second kappa shape index (κ2) is 19.7. The summed E-state index contributed by atoms with van der Waals surface area (Å²) in [6.07, 6.45) is 7.03. The predicted octanol–water partition coefficient (Wildman–Crippen LogP) is 14.0. The van der Waals surface area contributed by atoms with E-state index in [0.29, 0.717) is 9.75 Å². The molecular formula is C55H37N3O5S2. The van der Waals surface area contributed by atoms with E-state index in [2.05, 4.69) is 94.7 Å². The fourth-order valence-electron chi connectivity index (χ4n) is 7.24. The van der Waals surface area contributed by atoms with E-state index in [1.807, 2.05) is 97.1 Å². The van der Waals surface area contributed by atoms with Crippen LogP contribution < -0.4 is 9.64 Å². The standard InChI is InChI=1S/C55H37N3O5S2/c1-57-51(55(61)62)34-48-26-28-53(65-48)50(39-11-7-4-8-12-39)30-37-15-21-44(22-16-37)58(45-23-17-41-32-46(63-2)24-18-40(41)31-45)43-19-13-36(14-20-43)29-49(38-9-5-3-6-10-38)52-27-25-47(64-52)33-42(35-56)54(59)60/h3-34H,2H3,(H,59,60)(H,61,62)/b42-33+,49-29+,50-30+,51-34-. The van der Waals surface area contributed by atoms with Crippen LogP contribution in [0.4, 0.5) is 17.1 Å². The van der Waals surface area contributed by atoms with Gasteiger partial charge in [-0.1, -0.05) is 97.1 Å². The molecule has 10 heteroatoms. The van der Waals surface area contributed by atoms with Crippen molar-refractivity contribution in [3.05, 3.63) is 234 Å². The molecular weight excluding hydrogens is 847 g/mol. The minimum Gasteiger partial charge on any atom is -0.497 e. The molecule has 314 valence electrons. The van der Waals surface area contributed by atoms with Gasteiger partial charge in [-0.15, -0.1) is 22.7 Å². The molecule has 2 heterocycles. The minimum absolute atomic E-state index is 0.323. The highest BCUT2D eigenvalue weighted by Gasteiger charge is 2.17. The first kappa shape index (κ1) is 43.1. The highest BCUT2D eigenvalue weighted by Crippen LogP contribution is 2.39. The summed E-state index contributed by atoms with van der Waals surface area (Å²) in [6.45, 7) is 7.28. The molecule has 8 nitrogen and oxygen atoms in total. The number of aliphatic carboxylic acids is 2. The van der Waals surface area contributed by atoms with Gasteiger partial charge in [-0.2, -0.15) is 5.26 Å². The van der Waals surface area contributed by atoms with E-state index in [9.17, 15) is 25.1 Å². The first-order chi connectivity index (χ1) is 31.7. The van der Waals surface area contributed by atoms with Crippen LogP contribution in [0.3, 0.4) is 0 Å². The number of fused-ring (bicyclic) bond motifs is 1. The van der Waals surface area contributed by atoms with Gasteiger partial charge in [-0.3, -0.25) is 4.79 Å². The molecule has 0 unspecified atom stereocenters. The van der Waals surface area contributed by atoms with Gasteiger partial charge < -0.3 is 19.8 Å². The molecule has 0 bridgehead atoms. The van der Waals surface area contributed by atoms with Gasteiger partial charge in [-0.05, 0) is 141 Å². The maximum absolute atomic E-state index is 11.6. The Kier molecular flexibility index (Phi) is 13.0. The average molecular weight is 884 g/mol. The van der Waals surface area contributed by atoms with Gasteiger partial charge in [0.15, 0.2) is 0 Å². The molecule has 2 aromatic heterocycles. The molecule has 0 spiro atoms. The third kappa shape index (κ3) is 10.1. The monoisotopic (exact) mass is 883 g/mol. The van der Waals surface area contributed by atoms with E-state index in [1.54, 1.807) is 13.2 Å². The Bertz CT molecular complexity index is 3080. The number of rotatable bonds is 14. The van der Waals surface area contributed by atoms with Gasteiger partial charge in [0, 0.05) is 36.6 Å². The lowest BCUT2D eigenvalue weighted by Crippen LogP contribution is -2.10. The number of benzene rings is 6. The lowest BCUT2D eigenvalue weighted by Gasteiger charge is -2.26. The zero-order valence-corrected chi connectivity index (χ0v) is 36.4. The Morgan fingerprint density at radius 3 is 1.57 bits per heavy atom. The Labute approximate surface area is 384 Å². The maximum Gasteiger partial charge on any atom is 0.346 e. The van der Waals surface area contributed by atoms with Crippen LogP contribution in [0.2, 0.25) is 0 Å². The molecule has 0 atom stereocenters. The lowest BCUT2D eigenvalue weighted by molar-refractivity contribution is -0.133. The van der Waals surface area contributed by atoms with E-state index < -0.39 is 11.9 Å². The maximum atomic E-state index is 11.6. The Morgan fingerprint density at radius 1 is 0.600 bits per heavy atom. The number of methoxy groups -OCH3 is 1. The van der Waals surface area contributed by atoms with E-state index in [-0.39, 0.29) is 11.3 Å². The number of thiophene rings is 2. The number of carboxylic acid groups (broad SMARTS) is 2. The second-order valence-electron chi connectivity index (χ2n) is 14.6. The SMILES string of the molecule is [C-]#[N+]/C(=C\c1ccc(/C(=C/c2ccc(N(c3ccc(/C=C(\c4ccccc4)c4ccc(/C=C(\C#N)C(=O)O)s4)cc3)c3ccc4cc(OC)ccc4c3)cc2)c2ccccc2)s1)C(=O)O. The third-order valence-corrected chi connectivity index (χ3v) is 12.6. The zero-order valence-electron chi connectivity index (χ0n) is 34.8. The van der Waals surface area contributed by atoms with Crippen LogP contribution in [-0.4, -0.2) is 29.3 Å². The normalized spacial score (nSPS) is 12.0. The zero-order chi connectivity index (χ0) is 45.3. The number of hydrogen-bond donors (Lipinski definition) is 2. The summed E-state index contributed by atoms with van der Waals surface area (Å²) in [4.78, 5) is 31.7. The minimum atomic E-state index is -1.26. The largest absolute Gasteiger partial charge is 0.497 e. The number of carboxylic acids is 2. The van der Waals surface area contributed by atoms with Gasteiger partial charge >= 0.3 is 11.9 Å². The van der Waals surface area contributed by atoms with Crippen molar-refractivity contribution in [2.24, 2.45) is 0 Å².